The number of fused-ring (bicyclic) bond motifs is 2. The molecule has 0 aliphatic heterocycles. The highest BCUT2D eigenvalue weighted by Gasteiger charge is 2.07. The molecule has 2 aromatic carbocycles. The van der Waals surface area contributed by atoms with Crippen LogP contribution in [0.25, 0.3) is 21.8 Å². The summed E-state index contributed by atoms with van der Waals surface area (Å²) in [4.78, 5) is 8.77. The zero-order valence-electron chi connectivity index (χ0n) is 16.2. The van der Waals surface area contributed by atoms with Gasteiger partial charge in [-0.15, -0.1) is 0 Å². The predicted molar refractivity (Wildman–Crippen MR) is 115 cm³/mol. The molecule has 0 aliphatic rings. The number of para-hydroxylation sites is 2. The number of methoxy groups -OCH3 is 2. The molecule has 0 bridgehead atoms. The quantitative estimate of drug-likeness (QED) is 0.441. The highest BCUT2D eigenvalue weighted by Crippen LogP contribution is 2.30. The maximum absolute atomic E-state index is 9.68. The van der Waals surface area contributed by atoms with Crippen molar-refractivity contribution in [2.24, 2.45) is 0 Å². The van der Waals surface area contributed by atoms with Gasteiger partial charge in [0.05, 0.1) is 14.2 Å². The summed E-state index contributed by atoms with van der Waals surface area (Å²) < 4.78 is 11.5. The Labute approximate surface area is 172 Å². The minimum absolute atomic E-state index is 0.242. The van der Waals surface area contributed by atoms with Gasteiger partial charge >= 0.3 is 0 Å². The molecule has 0 fully saturated rings. The fraction of sp³-hybridized carbons (Fsp3) is 0.182. The standard InChI is InChI=1S/C11H10BrNO.C11H11NO2/c1-7-6-9(12)8-4-3-5-10(14-2)11(8)13-7;1-7-6-9(13)8-4-3-5-10(14-2)11(8)12-7/h3-6H,1-2H3;3-6H,1-2H3,(H,12,13). The van der Waals surface area contributed by atoms with E-state index in [1.54, 1.807) is 20.3 Å². The Balaban J connectivity index is 0.000000161. The second-order valence-electron chi connectivity index (χ2n) is 6.24. The summed E-state index contributed by atoms with van der Waals surface area (Å²) in [6.07, 6.45) is 0. The third-order valence-electron chi connectivity index (χ3n) is 4.23. The number of aromatic hydroxyl groups is 1. The van der Waals surface area contributed by atoms with Gasteiger partial charge in [0.25, 0.3) is 0 Å². The van der Waals surface area contributed by atoms with E-state index in [0.29, 0.717) is 11.3 Å². The van der Waals surface area contributed by atoms with Gasteiger partial charge in [0.2, 0.25) is 0 Å². The summed E-state index contributed by atoms with van der Waals surface area (Å²) in [5.41, 5.74) is 3.36. The molecule has 0 unspecified atom stereocenters. The third-order valence-corrected chi connectivity index (χ3v) is 4.88. The molecule has 4 aromatic rings. The summed E-state index contributed by atoms with van der Waals surface area (Å²) in [5, 5.41) is 11.5. The molecule has 0 atom stereocenters. The first-order chi connectivity index (χ1) is 13.4. The lowest BCUT2D eigenvalue weighted by molar-refractivity contribution is 0.418. The first kappa shape index (κ1) is 19.9. The van der Waals surface area contributed by atoms with E-state index in [0.717, 1.165) is 37.9 Å². The molecule has 144 valence electrons. The van der Waals surface area contributed by atoms with Gasteiger partial charge in [-0.3, -0.25) is 0 Å². The second kappa shape index (κ2) is 8.44. The van der Waals surface area contributed by atoms with Crippen LogP contribution in [0.3, 0.4) is 0 Å². The van der Waals surface area contributed by atoms with Gasteiger partial charge < -0.3 is 14.6 Å². The number of ether oxygens (including phenoxy) is 2. The number of nitrogens with zero attached hydrogens (tertiary/aromatic N) is 2. The van der Waals surface area contributed by atoms with Crippen LogP contribution in [0.5, 0.6) is 17.2 Å². The first-order valence-electron chi connectivity index (χ1n) is 8.67. The van der Waals surface area contributed by atoms with Crippen LogP contribution in [-0.4, -0.2) is 29.3 Å². The molecule has 2 heterocycles. The monoisotopic (exact) mass is 440 g/mol. The Kier molecular flexibility index (Phi) is 5.99. The van der Waals surface area contributed by atoms with E-state index < -0.39 is 0 Å². The molecular formula is C22H21BrN2O3. The van der Waals surface area contributed by atoms with Crippen LogP contribution in [0, 0.1) is 13.8 Å². The summed E-state index contributed by atoms with van der Waals surface area (Å²) in [6, 6.07) is 15.0. The Morgan fingerprint density at radius 1 is 0.786 bits per heavy atom. The molecule has 1 N–H and O–H groups in total. The number of hydrogen-bond donors (Lipinski definition) is 1. The SMILES string of the molecule is COc1cccc2c(Br)cc(C)nc12.COc1cccc2c(O)cc(C)nc12. The maximum atomic E-state index is 9.68. The molecule has 28 heavy (non-hydrogen) atoms. The molecule has 6 heteroatoms. The molecule has 0 saturated heterocycles. The van der Waals surface area contributed by atoms with Crippen molar-refractivity contribution in [1.82, 2.24) is 9.97 Å². The fourth-order valence-corrected chi connectivity index (χ4v) is 3.61. The smallest absolute Gasteiger partial charge is 0.145 e. The van der Waals surface area contributed by atoms with Gasteiger partial charge in [0, 0.05) is 32.7 Å². The number of pyridine rings is 2. The zero-order chi connectivity index (χ0) is 20.3. The first-order valence-corrected chi connectivity index (χ1v) is 9.47. The molecule has 2 aromatic heterocycles. The van der Waals surface area contributed by atoms with Gasteiger partial charge in [-0.2, -0.15) is 0 Å². The Bertz CT molecular complexity index is 1050. The van der Waals surface area contributed by atoms with Crippen LogP contribution in [0.1, 0.15) is 11.4 Å². The van der Waals surface area contributed by atoms with Crippen LogP contribution >= 0.6 is 15.9 Å². The van der Waals surface area contributed by atoms with Crippen molar-refractivity contribution in [1.29, 1.82) is 0 Å². The van der Waals surface area contributed by atoms with E-state index in [9.17, 15) is 5.11 Å². The molecule has 0 saturated carbocycles. The molecule has 5 nitrogen and oxygen atoms in total. The predicted octanol–water partition coefficient (Wildman–Crippen LogP) is 5.57. The van der Waals surface area contributed by atoms with Gasteiger partial charge in [-0.1, -0.05) is 34.1 Å². The molecular weight excluding hydrogens is 420 g/mol. The van der Waals surface area contributed by atoms with Gasteiger partial charge in [0.1, 0.15) is 28.3 Å². The molecule has 0 amide bonds. The second-order valence-corrected chi connectivity index (χ2v) is 7.10. The normalized spacial score (nSPS) is 10.5. The number of halogens is 1. The van der Waals surface area contributed by atoms with E-state index >= 15 is 0 Å². The Morgan fingerprint density at radius 3 is 1.86 bits per heavy atom. The van der Waals surface area contributed by atoms with E-state index in [1.165, 1.54) is 0 Å². The number of aromatic nitrogens is 2. The molecule has 0 radical (unpaired) electrons. The van der Waals surface area contributed by atoms with Crippen LogP contribution in [0.15, 0.2) is 53.0 Å². The summed E-state index contributed by atoms with van der Waals surface area (Å²) in [7, 11) is 3.25. The lowest BCUT2D eigenvalue weighted by atomic mass is 10.1. The lowest BCUT2D eigenvalue weighted by Crippen LogP contribution is -1.90. The number of rotatable bonds is 2. The average Bonchev–Trinajstić information content (AvgIpc) is 2.67. The maximum Gasteiger partial charge on any atom is 0.145 e. The van der Waals surface area contributed by atoms with E-state index in [1.807, 2.05) is 56.3 Å². The summed E-state index contributed by atoms with van der Waals surface area (Å²) in [5.74, 6) is 1.74. The van der Waals surface area contributed by atoms with Crippen molar-refractivity contribution in [3.05, 3.63) is 64.4 Å². The number of benzene rings is 2. The van der Waals surface area contributed by atoms with Crippen molar-refractivity contribution in [2.45, 2.75) is 13.8 Å². The van der Waals surface area contributed by atoms with Gasteiger partial charge in [-0.05, 0) is 38.1 Å². The van der Waals surface area contributed by atoms with Crippen LogP contribution in [-0.2, 0) is 0 Å². The third kappa shape index (κ3) is 4.02. The Morgan fingerprint density at radius 2 is 1.29 bits per heavy atom. The van der Waals surface area contributed by atoms with E-state index in [-0.39, 0.29) is 5.75 Å². The molecule has 0 aliphatic carbocycles. The van der Waals surface area contributed by atoms with Crippen molar-refractivity contribution in [2.75, 3.05) is 14.2 Å². The minimum Gasteiger partial charge on any atom is -0.507 e. The van der Waals surface area contributed by atoms with Crippen molar-refractivity contribution in [3.8, 4) is 17.2 Å². The van der Waals surface area contributed by atoms with Crippen LogP contribution < -0.4 is 9.47 Å². The van der Waals surface area contributed by atoms with E-state index in [2.05, 4.69) is 25.9 Å². The Hall–Kier alpha value is -2.86. The zero-order valence-corrected chi connectivity index (χ0v) is 17.7. The van der Waals surface area contributed by atoms with Gasteiger partial charge in [0.15, 0.2) is 0 Å². The van der Waals surface area contributed by atoms with Crippen molar-refractivity contribution < 1.29 is 14.6 Å². The van der Waals surface area contributed by atoms with Crippen molar-refractivity contribution >= 4 is 37.7 Å². The highest BCUT2D eigenvalue weighted by atomic mass is 79.9. The molecule has 4 rings (SSSR count). The average molecular weight is 441 g/mol. The molecule has 0 spiro atoms. The highest BCUT2D eigenvalue weighted by molar-refractivity contribution is 9.10. The topological polar surface area (TPSA) is 64.5 Å². The number of hydrogen-bond acceptors (Lipinski definition) is 5. The minimum atomic E-state index is 0.242. The number of aryl methyl sites for hydroxylation is 2. The summed E-state index contributed by atoms with van der Waals surface area (Å²) in [6.45, 7) is 3.81. The van der Waals surface area contributed by atoms with Crippen LogP contribution in [0.2, 0.25) is 0 Å². The van der Waals surface area contributed by atoms with Gasteiger partial charge in [-0.25, -0.2) is 9.97 Å². The fourth-order valence-electron chi connectivity index (χ4n) is 2.96. The van der Waals surface area contributed by atoms with Crippen LogP contribution in [0.4, 0.5) is 0 Å². The van der Waals surface area contributed by atoms with Crippen molar-refractivity contribution in [3.63, 3.8) is 0 Å². The lowest BCUT2D eigenvalue weighted by Gasteiger charge is -2.06. The summed E-state index contributed by atoms with van der Waals surface area (Å²) >= 11 is 3.52. The largest absolute Gasteiger partial charge is 0.507 e. The van der Waals surface area contributed by atoms with E-state index in [4.69, 9.17) is 9.47 Å².